The number of hydrogen-bond donors (Lipinski definition) is 0. The lowest BCUT2D eigenvalue weighted by Gasteiger charge is -2.17. The molecule has 2 aromatic carbocycles. The average molecular weight is 266 g/mol. The summed E-state index contributed by atoms with van der Waals surface area (Å²) in [6, 6.07) is 14.0. The van der Waals surface area contributed by atoms with Crippen molar-refractivity contribution >= 4 is 0 Å². The first kappa shape index (κ1) is 14.0. The van der Waals surface area contributed by atoms with Gasteiger partial charge in [0.1, 0.15) is 0 Å². The van der Waals surface area contributed by atoms with Crippen molar-refractivity contribution in [2.45, 2.75) is 20.0 Å². The molecule has 0 amide bonds. The molecule has 0 bridgehead atoms. The molecule has 0 fully saturated rings. The standard InChI is InChI=1S/C18H18O2/c1-5-14-11-16(15-9-7-6-8-10-15)12-17(19-4)18(14)20-13(2)3/h1,6-13H,2-4H3. The van der Waals surface area contributed by atoms with Gasteiger partial charge in [-0.05, 0) is 37.1 Å². The van der Waals surface area contributed by atoms with Crippen LogP contribution >= 0.6 is 0 Å². The molecule has 0 atom stereocenters. The zero-order valence-electron chi connectivity index (χ0n) is 12.0. The molecule has 2 heteroatoms. The molecule has 0 aliphatic rings. The predicted molar refractivity (Wildman–Crippen MR) is 82.1 cm³/mol. The molecule has 0 heterocycles. The molecule has 0 N–H and O–H groups in total. The van der Waals surface area contributed by atoms with Gasteiger partial charge < -0.3 is 9.47 Å². The molecular weight excluding hydrogens is 248 g/mol. The Morgan fingerprint density at radius 1 is 1.05 bits per heavy atom. The molecule has 0 spiro atoms. The third kappa shape index (κ3) is 2.95. The largest absolute Gasteiger partial charge is 0.493 e. The molecule has 2 rings (SSSR count). The van der Waals surface area contributed by atoms with Crippen LogP contribution < -0.4 is 9.47 Å². The monoisotopic (exact) mass is 266 g/mol. The van der Waals surface area contributed by atoms with E-state index in [9.17, 15) is 0 Å². The number of ether oxygens (including phenoxy) is 2. The molecular formula is C18H18O2. The number of terminal acetylenes is 1. The van der Waals surface area contributed by atoms with Gasteiger partial charge in [-0.2, -0.15) is 0 Å². The van der Waals surface area contributed by atoms with Crippen LogP contribution in [-0.2, 0) is 0 Å². The van der Waals surface area contributed by atoms with E-state index in [0.29, 0.717) is 17.1 Å². The van der Waals surface area contributed by atoms with Gasteiger partial charge in [0.05, 0.1) is 18.8 Å². The summed E-state index contributed by atoms with van der Waals surface area (Å²) >= 11 is 0. The maximum atomic E-state index is 5.78. The fourth-order valence-electron chi connectivity index (χ4n) is 2.02. The smallest absolute Gasteiger partial charge is 0.177 e. The summed E-state index contributed by atoms with van der Waals surface area (Å²) in [5, 5.41) is 0. The summed E-state index contributed by atoms with van der Waals surface area (Å²) in [7, 11) is 1.62. The third-order valence-corrected chi connectivity index (χ3v) is 2.89. The van der Waals surface area contributed by atoms with E-state index in [1.807, 2.05) is 56.3 Å². The lowest BCUT2D eigenvalue weighted by Crippen LogP contribution is -2.08. The van der Waals surface area contributed by atoms with Crippen LogP contribution in [0, 0.1) is 12.3 Å². The molecule has 0 aliphatic carbocycles. The second kappa shape index (κ2) is 6.16. The highest BCUT2D eigenvalue weighted by molar-refractivity contribution is 5.71. The van der Waals surface area contributed by atoms with Crippen LogP contribution in [0.3, 0.4) is 0 Å². The van der Waals surface area contributed by atoms with Crippen molar-refractivity contribution in [2.75, 3.05) is 7.11 Å². The normalized spacial score (nSPS) is 10.2. The van der Waals surface area contributed by atoms with Crippen molar-refractivity contribution < 1.29 is 9.47 Å². The Hall–Kier alpha value is -2.40. The summed E-state index contributed by atoms with van der Waals surface area (Å²) in [6.07, 6.45) is 5.65. The highest BCUT2D eigenvalue weighted by Gasteiger charge is 2.14. The van der Waals surface area contributed by atoms with Gasteiger partial charge in [-0.15, -0.1) is 6.42 Å². The van der Waals surface area contributed by atoms with Crippen molar-refractivity contribution in [3.8, 4) is 35.0 Å². The van der Waals surface area contributed by atoms with Gasteiger partial charge in [0.15, 0.2) is 11.5 Å². The first-order chi connectivity index (χ1) is 9.65. The predicted octanol–water partition coefficient (Wildman–Crippen LogP) is 4.13. The van der Waals surface area contributed by atoms with Crippen molar-refractivity contribution in [1.82, 2.24) is 0 Å². The van der Waals surface area contributed by atoms with Gasteiger partial charge in [-0.25, -0.2) is 0 Å². The summed E-state index contributed by atoms with van der Waals surface area (Å²) in [4.78, 5) is 0. The van der Waals surface area contributed by atoms with E-state index < -0.39 is 0 Å². The van der Waals surface area contributed by atoms with Crippen LogP contribution in [0.1, 0.15) is 19.4 Å². The molecule has 0 radical (unpaired) electrons. The molecule has 0 saturated heterocycles. The van der Waals surface area contributed by atoms with Crippen LogP contribution in [0.25, 0.3) is 11.1 Å². The van der Waals surface area contributed by atoms with Gasteiger partial charge in [0, 0.05) is 0 Å². The fourth-order valence-corrected chi connectivity index (χ4v) is 2.02. The number of methoxy groups -OCH3 is 1. The fraction of sp³-hybridized carbons (Fsp3) is 0.222. The number of rotatable bonds is 4. The van der Waals surface area contributed by atoms with Crippen molar-refractivity contribution in [1.29, 1.82) is 0 Å². The minimum absolute atomic E-state index is 0.0403. The molecule has 0 aliphatic heterocycles. The topological polar surface area (TPSA) is 18.5 Å². The van der Waals surface area contributed by atoms with Gasteiger partial charge in [-0.1, -0.05) is 36.3 Å². The highest BCUT2D eigenvalue weighted by atomic mass is 16.5. The first-order valence-corrected chi connectivity index (χ1v) is 6.56. The van der Waals surface area contributed by atoms with Crippen LogP contribution in [0.4, 0.5) is 0 Å². The molecule has 0 saturated carbocycles. The van der Waals surface area contributed by atoms with Crippen LogP contribution in [0.5, 0.6) is 11.5 Å². The van der Waals surface area contributed by atoms with E-state index in [-0.39, 0.29) is 6.10 Å². The maximum Gasteiger partial charge on any atom is 0.177 e. The lowest BCUT2D eigenvalue weighted by molar-refractivity contribution is 0.229. The van der Waals surface area contributed by atoms with Crippen molar-refractivity contribution in [2.24, 2.45) is 0 Å². The van der Waals surface area contributed by atoms with Gasteiger partial charge in [0.2, 0.25) is 0 Å². The Morgan fingerprint density at radius 3 is 2.30 bits per heavy atom. The van der Waals surface area contributed by atoms with Crippen LogP contribution in [0.15, 0.2) is 42.5 Å². The molecule has 0 aromatic heterocycles. The number of hydrogen-bond acceptors (Lipinski definition) is 2. The Kier molecular flexibility index (Phi) is 4.32. The Bertz CT molecular complexity index is 622. The Labute approximate surface area is 120 Å². The molecule has 102 valence electrons. The molecule has 20 heavy (non-hydrogen) atoms. The lowest BCUT2D eigenvalue weighted by atomic mass is 10.0. The van der Waals surface area contributed by atoms with Gasteiger partial charge in [-0.3, -0.25) is 0 Å². The summed E-state index contributed by atoms with van der Waals surface area (Å²) in [5.41, 5.74) is 2.82. The summed E-state index contributed by atoms with van der Waals surface area (Å²) in [5.74, 6) is 3.97. The van der Waals surface area contributed by atoms with E-state index in [1.165, 1.54) is 0 Å². The zero-order chi connectivity index (χ0) is 14.5. The van der Waals surface area contributed by atoms with E-state index in [4.69, 9.17) is 15.9 Å². The molecule has 2 nitrogen and oxygen atoms in total. The van der Waals surface area contributed by atoms with Gasteiger partial charge >= 0.3 is 0 Å². The number of benzene rings is 2. The van der Waals surface area contributed by atoms with Crippen molar-refractivity contribution in [3.63, 3.8) is 0 Å². The second-order valence-electron chi connectivity index (χ2n) is 4.73. The third-order valence-electron chi connectivity index (χ3n) is 2.89. The average Bonchev–Trinajstić information content (AvgIpc) is 2.47. The minimum Gasteiger partial charge on any atom is -0.493 e. The SMILES string of the molecule is C#Cc1cc(-c2ccccc2)cc(OC)c1OC(C)C. The summed E-state index contributed by atoms with van der Waals surface area (Å²) < 4.78 is 11.2. The summed E-state index contributed by atoms with van der Waals surface area (Å²) in [6.45, 7) is 3.93. The Morgan fingerprint density at radius 2 is 1.75 bits per heavy atom. The first-order valence-electron chi connectivity index (χ1n) is 6.56. The maximum absolute atomic E-state index is 5.78. The van der Waals surface area contributed by atoms with Crippen molar-refractivity contribution in [3.05, 3.63) is 48.0 Å². The van der Waals surface area contributed by atoms with E-state index in [0.717, 1.165) is 11.1 Å². The molecule has 0 unspecified atom stereocenters. The quantitative estimate of drug-likeness (QED) is 0.775. The Balaban J connectivity index is 2.56. The highest BCUT2D eigenvalue weighted by Crippen LogP contribution is 2.36. The molecule has 2 aromatic rings. The zero-order valence-corrected chi connectivity index (χ0v) is 12.0. The van der Waals surface area contributed by atoms with E-state index in [2.05, 4.69) is 5.92 Å². The second-order valence-corrected chi connectivity index (χ2v) is 4.73. The van der Waals surface area contributed by atoms with Gasteiger partial charge in [0.25, 0.3) is 0 Å². The van der Waals surface area contributed by atoms with E-state index >= 15 is 0 Å². The van der Waals surface area contributed by atoms with Crippen LogP contribution in [-0.4, -0.2) is 13.2 Å². The van der Waals surface area contributed by atoms with Crippen LogP contribution in [0.2, 0.25) is 0 Å². The van der Waals surface area contributed by atoms with E-state index in [1.54, 1.807) is 7.11 Å². The minimum atomic E-state index is 0.0403.